The third-order valence-electron chi connectivity index (χ3n) is 1.93. The summed E-state index contributed by atoms with van der Waals surface area (Å²) < 4.78 is 35.5. The number of amides is 1. The van der Waals surface area contributed by atoms with E-state index in [-0.39, 0.29) is 18.9 Å². The Bertz CT molecular complexity index is 196. The van der Waals surface area contributed by atoms with Crippen LogP contribution in [0.4, 0.5) is 13.2 Å². The summed E-state index contributed by atoms with van der Waals surface area (Å²) in [6.45, 7) is -0.275. The highest BCUT2D eigenvalue weighted by Crippen LogP contribution is 2.19. The minimum atomic E-state index is -4.20. The molecule has 0 aliphatic rings. The van der Waals surface area contributed by atoms with E-state index in [1.54, 1.807) is 0 Å². The molecule has 0 rings (SSSR count). The number of rotatable bonds is 6. The number of carbonyl (C=O) groups excluding carboxylic acids is 1. The minimum absolute atomic E-state index is 0.260. The maximum atomic E-state index is 11.8. The van der Waals surface area contributed by atoms with Crippen molar-refractivity contribution in [3.8, 4) is 0 Å². The summed E-state index contributed by atoms with van der Waals surface area (Å²) >= 11 is 5.41. The maximum absolute atomic E-state index is 11.8. The molecular formula is C9H15ClF3NO. The van der Waals surface area contributed by atoms with Gasteiger partial charge in [-0.25, -0.2) is 0 Å². The fourth-order valence-corrected chi connectivity index (χ4v) is 1.17. The monoisotopic (exact) mass is 245 g/mol. The van der Waals surface area contributed by atoms with Gasteiger partial charge in [-0.15, -0.1) is 11.6 Å². The molecule has 0 aromatic rings. The molecule has 0 bridgehead atoms. The van der Waals surface area contributed by atoms with Crippen molar-refractivity contribution in [2.45, 2.75) is 31.9 Å². The number of carbonyl (C=O) groups is 1. The lowest BCUT2D eigenvalue weighted by Crippen LogP contribution is -2.30. The summed E-state index contributed by atoms with van der Waals surface area (Å²) in [4.78, 5) is 12.4. The van der Waals surface area contributed by atoms with Gasteiger partial charge < -0.3 is 4.90 Å². The van der Waals surface area contributed by atoms with Crippen LogP contribution < -0.4 is 0 Å². The van der Waals surface area contributed by atoms with Gasteiger partial charge in [0.25, 0.3) is 0 Å². The van der Waals surface area contributed by atoms with Gasteiger partial charge in [0.15, 0.2) is 0 Å². The molecule has 0 N–H and O–H groups in total. The molecule has 0 aromatic carbocycles. The van der Waals surface area contributed by atoms with Crippen molar-refractivity contribution in [1.82, 2.24) is 4.90 Å². The average molecular weight is 246 g/mol. The van der Waals surface area contributed by atoms with Gasteiger partial charge in [0, 0.05) is 25.9 Å². The lowest BCUT2D eigenvalue weighted by Gasteiger charge is -2.17. The van der Waals surface area contributed by atoms with E-state index in [0.717, 1.165) is 4.90 Å². The normalized spacial score (nSPS) is 11.5. The first kappa shape index (κ1) is 14.6. The van der Waals surface area contributed by atoms with Crippen LogP contribution in [-0.4, -0.2) is 36.5 Å². The zero-order valence-corrected chi connectivity index (χ0v) is 9.37. The van der Waals surface area contributed by atoms with Crippen LogP contribution in [0, 0.1) is 0 Å². The van der Waals surface area contributed by atoms with E-state index < -0.39 is 12.6 Å². The van der Waals surface area contributed by atoms with Crippen molar-refractivity contribution in [3.63, 3.8) is 0 Å². The van der Waals surface area contributed by atoms with Crippen LogP contribution in [0.25, 0.3) is 0 Å². The Kier molecular flexibility index (Phi) is 6.72. The summed E-state index contributed by atoms with van der Waals surface area (Å²) in [6.07, 6.45) is -3.56. The molecule has 0 atom stereocenters. The van der Waals surface area contributed by atoms with Crippen LogP contribution in [0.1, 0.15) is 25.7 Å². The van der Waals surface area contributed by atoms with Gasteiger partial charge in [-0.05, 0) is 12.8 Å². The number of hydrogen-bond acceptors (Lipinski definition) is 1. The Hall–Kier alpha value is -0.450. The molecule has 0 saturated carbocycles. The van der Waals surface area contributed by atoms with Gasteiger partial charge in [-0.3, -0.25) is 4.79 Å². The van der Waals surface area contributed by atoms with Gasteiger partial charge in [0.2, 0.25) is 5.91 Å². The highest BCUT2D eigenvalue weighted by molar-refractivity contribution is 6.17. The Balaban J connectivity index is 3.70. The number of hydrogen-bond donors (Lipinski definition) is 0. The third-order valence-corrected chi connectivity index (χ3v) is 2.20. The molecule has 1 amide bonds. The van der Waals surface area contributed by atoms with E-state index >= 15 is 0 Å². The van der Waals surface area contributed by atoms with Gasteiger partial charge in [-0.1, -0.05) is 0 Å². The predicted octanol–water partition coefficient (Wildman–Crippen LogP) is 2.81. The minimum Gasteiger partial charge on any atom is -0.345 e. The lowest BCUT2D eigenvalue weighted by molar-refractivity contribution is -0.144. The molecule has 0 radical (unpaired) electrons. The first-order chi connectivity index (χ1) is 6.87. The maximum Gasteiger partial charge on any atom is 0.390 e. The van der Waals surface area contributed by atoms with E-state index in [1.807, 2.05) is 0 Å². The SMILES string of the molecule is CN(CCC(F)(F)F)C(=O)CCCCCl. The van der Waals surface area contributed by atoms with Crippen molar-refractivity contribution >= 4 is 17.5 Å². The van der Waals surface area contributed by atoms with Crippen molar-refractivity contribution < 1.29 is 18.0 Å². The number of halogens is 4. The van der Waals surface area contributed by atoms with Gasteiger partial charge in [0.1, 0.15) is 0 Å². The highest BCUT2D eigenvalue weighted by atomic mass is 35.5. The average Bonchev–Trinajstić information content (AvgIpc) is 2.13. The molecule has 90 valence electrons. The fraction of sp³-hybridized carbons (Fsp3) is 0.889. The summed E-state index contributed by atoms with van der Waals surface area (Å²) in [5.41, 5.74) is 0. The topological polar surface area (TPSA) is 20.3 Å². The standard InChI is InChI=1S/C9H15ClF3NO/c1-14(7-5-9(11,12)13)8(15)4-2-3-6-10/h2-7H2,1H3. The summed E-state index contributed by atoms with van der Waals surface area (Å²) in [6, 6.07) is 0. The number of alkyl halides is 4. The molecule has 0 aliphatic heterocycles. The van der Waals surface area contributed by atoms with E-state index in [0.29, 0.717) is 18.7 Å². The lowest BCUT2D eigenvalue weighted by atomic mass is 10.2. The Morgan fingerprint density at radius 3 is 2.40 bits per heavy atom. The van der Waals surface area contributed by atoms with Gasteiger partial charge >= 0.3 is 6.18 Å². The molecule has 0 aliphatic carbocycles. The van der Waals surface area contributed by atoms with Crippen LogP contribution in [0.2, 0.25) is 0 Å². The van der Waals surface area contributed by atoms with Crippen molar-refractivity contribution in [2.75, 3.05) is 19.5 Å². The van der Waals surface area contributed by atoms with Crippen LogP contribution in [0.3, 0.4) is 0 Å². The van der Waals surface area contributed by atoms with E-state index in [2.05, 4.69) is 0 Å². The first-order valence-electron chi connectivity index (χ1n) is 4.73. The van der Waals surface area contributed by atoms with Crippen LogP contribution in [0.5, 0.6) is 0 Å². The van der Waals surface area contributed by atoms with E-state index in [9.17, 15) is 18.0 Å². The smallest absolute Gasteiger partial charge is 0.345 e. The molecule has 0 saturated heterocycles. The molecule has 0 spiro atoms. The number of unbranched alkanes of at least 4 members (excludes halogenated alkanes) is 1. The fourth-order valence-electron chi connectivity index (χ4n) is 0.981. The van der Waals surface area contributed by atoms with Crippen LogP contribution in [-0.2, 0) is 4.79 Å². The van der Waals surface area contributed by atoms with Gasteiger partial charge in [0.05, 0.1) is 6.42 Å². The largest absolute Gasteiger partial charge is 0.390 e. The quantitative estimate of drug-likeness (QED) is 0.521. The molecule has 15 heavy (non-hydrogen) atoms. The summed E-state index contributed by atoms with van der Waals surface area (Å²) in [5.74, 6) is 0.212. The number of nitrogens with zero attached hydrogens (tertiary/aromatic N) is 1. The molecular weight excluding hydrogens is 231 g/mol. The van der Waals surface area contributed by atoms with Crippen LogP contribution >= 0.6 is 11.6 Å². The molecule has 2 nitrogen and oxygen atoms in total. The van der Waals surface area contributed by atoms with Crippen molar-refractivity contribution in [3.05, 3.63) is 0 Å². The summed E-state index contributed by atoms with van der Waals surface area (Å²) in [7, 11) is 1.38. The van der Waals surface area contributed by atoms with E-state index in [4.69, 9.17) is 11.6 Å². The van der Waals surface area contributed by atoms with Crippen LogP contribution in [0.15, 0.2) is 0 Å². The zero-order valence-electron chi connectivity index (χ0n) is 8.61. The predicted molar refractivity (Wildman–Crippen MR) is 52.9 cm³/mol. The first-order valence-corrected chi connectivity index (χ1v) is 5.27. The third kappa shape index (κ3) is 8.54. The second-order valence-electron chi connectivity index (χ2n) is 3.33. The zero-order chi connectivity index (χ0) is 11.9. The van der Waals surface area contributed by atoms with Crippen molar-refractivity contribution in [1.29, 1.82) is 0 Å². The van der Waals surface area contributed by atoms with Gasteiger partial charge in [-0.2, -0.15) is 13.2 Å². The molecule has 0 unspecified atom stereocenters. The second-order valence-corrected chi connectivity index (χ2v) is 3.70. The Morgan fingerprint density at radius 2 is 1.93 bits per heavy atom. The molecule has 0 heterocycles. The summed E-state index contributed by atoms with van der Waals surface area (Å²) in [5, 5.41) is 0. The Labute approximate surface area is 92.4 Å². The highest BCUT2D eigenvalue weighted by Gasteiger charge is 2.27. The second kappa shape index (κ2) is 6.93. The Morgan fingerprint density at radius 1 is 1.33 bits per heavy atom. The molecule has 6 heteroatoms. The molecule has 0 aromatic heterocycles. The van der Waals surface area contributed by atoms with E-state index in [1.165, 1.54) is 7.05 Å². The molecule has 0 fully saturated rings. The van der Waals surface area contributed by atoms with Crippen molar-refractivity contribution in [2.24, 2.45) is 0 Å².